The van der Waals surface area contributed by atoms with Crippen LogP contribution in [0.5, 0.6) is 0 Å². The molecule has 4 nitrogen and oxygen atoms in total. The lowest BCUT2D eigenvalue weighted by molar-refractivity contribution is -0.137. The van der Waals surface area contributed by atoms with E-state index in [-0.39, 0.29) is 16.0 Å². The maximum Gasteiger partial charge on any atom is 0.416 e. The first-order valence-corrected chi connectivity index (χ1v) is 6.35. The molecule has 2 heterocycles. The molecule has 3 aromatic rings. The Morgan fingerprint density at radius 2 is 1.86 bits per heavy atom. The van der Waals surface area contributed by atoms with Crippen LogP contribution in [0, 0.1) is 0 Å². The molecule has 0 N–H and O–H groups in total. The highest BCUT2D eigenvalue weighted by molar-refractivity contribution is 6.33. The second-order valence-electron chi connectivity index (χ2n) is 4.13. The van der Waals surface area contributed by atoms with Gasteiger partial charge in [0.2, 0.25) is 0 Å². The van der Waals surface area contributed by atoms with Crippen molar-refractivity contribution in [2.75, 3.05) is 0 Å². The van der Waals surface area contributed by atoms with E-state index in [4.69, 9.17) is 23.2 Å². The number of rotatable bonds is 1. The van der Waals surface area contributed by atoms with Crippen molar-refractivity contribution in [2.45, 2.75) is 6.18 Å². The zero-order valence-electron chi connectivity index (χ0n) is 10.1. The molecule has 0 fully saturated rings. The van der Waals surface area contributed by atoms with Gasteiger partial charge in [-0.2, -0.15) is 32.8 Å². The highest BCUT2D eigenvalue weighted by Gasteiger charge is 2.31. The summed E-state index contributed by atoms with van der Waals surface area (Å²) in [7, 11) is 0. The molecule has 0 aliphatic carbocycles. The summed E-state index contributed by atoms with van der Waals surface area (Å²) in [6.45, 7) is 0. The molecule has 0 saturated carbocycles. The van der Waals surface area contributed by atoms with Crippen LogP contribution >= 0.6 is 23.2 Å². The number of hydrogen-bond donors (Lipinski definition) is 0. The molecule has 0 spiro atoms. The topological polar surface area (TPSA) is 43.1 Å². The Morgan fingerprint density at radius 3 is 2.52 bits per heavy atom. The number of benzene rings is 1. The first-order chi connectivity index (χ1) is 9.86. The van der Waals surface area contributed by atoms with Crippen molar-refractivity contribution in [1.82, 2.24) is 19.6 Å². The zero-order chi connectivity index (χ0) is 15.2. The third-order valence-corrected chi connectivity index (χ3v) is 3.30. The van der Waals surface area contributed by atoms with E-state index in [0.717, 1.165) is 12.1 Å². The van der Waals surface area contributed by atoms with E-state index in [1.54, 1.807) is 0 Å². The van der Waals surface area contributed by atoms with Gasteiger partial charge in [-0.05, 0) is 12.1 Å². The molecule has 0 radical (unpaired) electrons. The number of nitrogens with zero attached hydrogens (tertiary/aromatic N) is 4. The van der Waals surface area contributed by atoms with Crippen molar-refractivity contribution in [1.29, 1.82) is 0 Å². The molecular formula is C12H5Cl2F3N4. The van der Waals surface area contributed by atoms with Gasteiger partial charge in [0.15, 0.2) is 0 Å². The molecule has 2 aromatic heterocycles. The van der Waals surface area contributed by atoms with E-state index in [1.165, 1.54) is 23.0 Å². The van der Waals surface area contributed by atoms with Crippen molar-refractivity contribution in [3.05, 3.63) is 46.3 Å². The molecule has 108 valence electrons. The van der Waals surface area contributed by atoms with E-state index in [0.29, 0.717) is 11.3 Å². The van der Waals surface area contributed by atoms with Crippen LogP contribution in [0.2, 0.25) is 10.2 Å². The predicted molar refractivity (Wildman–Crippen MR) is 71.2 cm³/mol. The van der Waals surface area contributed by atoms with Crippen molar-refractivity contribution < 1.29 is 13.2 Å². The molecule has 0 aliphatic rings. The maximum absolute atomic E-state index is 12.7. The number of fused-ring (bicyclic) bond motifs is 1. The molecule has 0 saturated heterocycles. The maximum atomic E-state index is 12.7. The fourth-order valence-electron chi connectivity index (χ4n) is 1.87. The number of aromatic nitrogens is 4. The highest BCUT2D eigenvalue weighted by atomic mass is 35.5. The lowest BCUT2D eigenvalue weighted by Crippen LogP contribution is -2.05. The van der Waals surface area contributed by atoms with Gasteiger partial charge in [-0.1, -0.05) is 29.3 Å². The van der Waals surface area contributed by atoms with E-state index in [9.17, 15) is 13.2 Å². The largest absolute Gasteiger partial charge is 0.416 e. The van der Waals surface area contributed by atoms with Crippen LogP contribution in [0.4, 0.5) is 13.2 Å². The minimum Gasteiger partial charge on any atom is -0.199 e. The summed E-state index contributed by atoms with van der Waals surface area (Å²) in [5.41, 5.74) is -0.0723. The number of halogens is 5. The summed E-state index contributed by atoms with van der Waals surface area (Å²) in [5, 5.41) is 4.03. The van der Waals surface area contributed by atoms with E-state index < -0.39 is 11.7 Å². The zero-order valence-corrected chi connectivity index (χ0v) is 11.6. The Kier molecular flexibility index (Phi) is 3.26. The van der Waals surface area contributed by atoms with Crippen LogP contribution in [0.25, 0.3) is 17.0 Å². The Labute approximate surface area is 126 Å². The van der Waals surface area contributed by atoms with Gasteiger partial charge in [0, 0.05) is 11.6 Å². The van der Waals surface area contributed by atoms with E-state index >= 15 is 0 Å². The Balaban J connectivity index is 2.21. The van der Waals surface area contributed by atoms with Gasteiger partial charge in [0.1, 0.15) is 11.5 Å². The molecule has 9 heteroatoms. The predicted octanol–water partition coefficient (Wildman–Crippen LogP) is 4.12. The first kappa shape index (κ1) is 14.1. The standard InChI is InChI=1S/C12H5Cl2F3N4/c13-8-3-6(12(15,16)17)1-2-7(8)9-4-10(14)20-11-18-5-19-21(9)11/h1-5H. The van der Waals surface area contributed by atoms with Crippen molar-refractivity contribution in [2.24, 2.45) is 0 Å². The van der Waals surface area contributed by atoms with E-state index in [1.807, 2.05) is 0 Å². The van der Waals surface area contributed by atoms with Crippen LogP contribution < -0.4 is 0 Å². The van der Waals surface area contributed by atoms with Gasteiger partial charge < -0.3 is 0 Å². The Bertz CT molecular complexity index is 829. The summed E-state index contributed by atoms with van der Waals surface area (Å²) in [5.74, 6) is 0.230. The van der Waals surface area contributed by atoms with Gasteiger partial charge in [0.25, 0.3) is 5.78 Å². The minimum absolute atomic E-state index is 0.0658. The second-order valence-corrected chi connectivity index (χ2v) is 4.92. The molecular weight excluding hydrogens is 328 g/mol. The van der Waals surface area contributed by atoms with Crippen molar-refractivity contribution in [3.8, 4) is 11.3 Å². The van der Waals surface area contributed by atoms with Crippen LogP contribution in [-0.4, -0.2) is 19.6 Å². The van der Waals surface area contributed by atoms with Crippen LogP contribution in [0.15, 0.2) is 30.6 Å². The average Bonchev–Trinajstić information content (AvgIpc) is 2.84. The lowest BCUT2D eigenvalue weighted by atomic mass is 10.1. The average molecular weight is 333 g/mol. The summed E-state index contributed by atoms with van der Waals surface area (Å²) in [4.78, 5) is 7.83. The second kappa shape index (κ2) is 4.85. The Morgan fingerprint density at radius 1 is 1.10 bits per heavy atom. The van der Waals surface area contributed by atoms with Gasteiger partial charge in [0.05, 0.1) is 16.3 Å². The first-order valence-electron chi connectivity index (χ1n) is 5.59. The molecule has 1 aromatic carbocycles. The third-order valence-electron chi connectivity index (χ3n) is 2.79. The van der Waals surface area contributed by atoms with Gasteiger partial charge in [-0.25, -0.2) is 0 Å². The lowest BCUT2D eigenvalue weighted by Gasteiger charge is -2.11. The quantitative estimate of drug-likeness (QED) is 0.629. The smallest absolute Gasteiger partial charge is 0.199 e. The Hall–Kier alpha value is -1.86. The normalized spacial score (nSPS) is 12.0. The van der Waals surface area contributed by atoms with Gasteiger partial charge in [-0.15, -0.1) is 0 Å². The molecule has 21 heavy (non-hydrogen) atoms. The molecule has 0 amide bonds. The summed E-state index contributed by atoms with van der Waals surface area (Å²) in [6.07, 6.45) is -3.19. The third kappa shape index (κ3) is 2.54. The van der Waals surface area contributed by atoms with E-state index in [2.05, 4.69) is 15.1 Å². The van der Waals surface area contributed by atoms with Gasteiger partial charge >= 0.3 is 6.18 Å². The summed E-state index contributed by atoms with van der Waals surface area (Å²) >= 11 is 11.8. The van der Waals surface area contributed by atoms with Gasteiger partial charge in [-0.3, -0.25) is 0 Å². The van der Waals surface area contributed by atoms with Crippen LogP contribution in [0.1, 0.15) is 5.56 Å². The number of alkyl halides is 3. The fraction of sp³-hybridized carbons (Fsp3) is 0.0833. The van der Waals surface area contributed by atoms with Crippen molar-refractivity contribution in [3.63, 3.8) is 0 Å². The molecule has 0 unspecified atom stereocenters. The highest BCUT2D eigenvalue weighted by Crippen LogP contribution is 2.35. The minimum atomic E-state index is -4.46. The SMILES string of the molecule is FC(F)(F)c1ccc(-c2cc(Cl)nc3ncnn23)c(Cl)c1. The molecule has 3 rings (SSSR count). The molecule has 0 atom stereocenters. The van der Waals surface area contributed by atoms with Crippen LogP contribution in [-0.2, 0) is 6.18 Å². The molecule has 0 bridgehead atoms. The summed E-state index contributed by atoms with van der Waals surface area (Å²) < 4.78 is 39.3. The molecule has 0 aliphatic heterocycles. The fourth-order valence-corrected chi connectivity index (χ4v) is 2.33. The van der Waals surface area contributed by atoms with Crippen LogP contribution in [0.3, 0.4) is 0 Å². The monoisotopic (exact) mass is 332 g/mol. The van der Waals surface area contributed by atoms with Crippen molar-refractivity contribution >= 4 is 29.0 Å². The number of hydrogen-bond acceptors (Lipinski definition) is 3. The summed E-state index contributed by atoms with van der Waals surface area (Å²) in [6, 6.07) is 4.52.